The molecule has 3 N–H and O–H groups in total. The van der Waals surface area contributed by atoms with Gasteiger partial charge in [0.25, 0.3) is 0 Å². The molecule has 0 amide bonds. The molecule has 0 saturated heterocycles. The summed E-state index contributed by atoms with van der Waals surface area (Å²) >= 11 is 0. The molecule has 0 aromatic heterocycles. The molecule has 3 nitrogen and oxygen atoms in total. The molecule has 2 unspecified atom stereocenters. The largest absolute Gasteiger partial charge is 0.489 e. The summed E-state index contributed by atoms with van der Waals surface area (Å²) in [5.41, 5.74) is 7.79. The van der Waals surface area contributed by atoms with Gasteiger partial charge in [-0.3, -0.25) is 0 Å². The van der Waals surface area contributed by atoms with Gasteiger partial charge in [-0.2, -0.15) is 0 Å². The second-order valence-electron chi connectivity index (χ2n) is 4.86. The molecule has 20 heavy (non-hydrogen) atoms. The fourth-order valence-corrected chi connectivity index (χ4v) is 1.97. The van der Waals surface area contributed by atoms with Crippen molar-refractivity contribution < 1.29 is 9.84 Å². The van der Waals surface area contributed by atoms with Crippen LogP contribution in [0, 0.1) is 0 Å². The molecule has 0 aliphatic heterocycles. The summed E-state index contributed by atoms with van der Waals surface area (Å²) in [6.45, 7) is 2.50. The first kappa shape index (κ1) is 14.6. The summed E-state index contributed by atoms with van der Waals surface area (Å²) in [4.78, 5) is 0. The zero-order valence-electron chi connectivity index (χ0n) is 11.7. The van der Waals surface area contributed by atoms with E-state index in [4.69, 9.17) is 10.5 Å². The predicted molar refractivity (Wildman–Crippen MR) is 80.4 cm³/mol. The third kappa shape index (κ3) is 3.83. The molecule has 0 radical (unpaired) electrons. The second kappa shape index (κ2) is 7.08. The normalized spacial score (nSPS) is 13.8. The highest BCUT2D eigenvalue weighted by molar-refractivity contribution is 5.29. The van der Waals surface area contributed by atoms with Gasteiger partial charge >= 0.3 is 0 Å². The zero-order chi connectivity index (χ0) is 14.4. The summed E-state index contributed by atoms with van der Waals surface area (Å²) in [6, 6.07) is 17.2. The van der Waals surface area contributed by atoms with E-state index in [0.29, 0.717) is 6.61 Å². The maximum absolute atomic E-state index is 10.0. The van der Waals surface area contributed by atoms with Gasteiger partial charge in [0, 0.05) is 6.04 Å². The van der Waals surface area contributed by atoms with Gasteiger partial charge in [0.15, 0.2) is 0 Å². The molecular weight excluding hydrogens is 250 g/mol. The number of aliphatic hydroxyl groups excluding tert-OH is 1. The first-order valence-electron chi connectivity index (χ1n) is 6.91. The van der Waals surface area contributed by atoms with Crippen LogP contribution in [-0.4, -0.2) is 11.1 Å². The van der Waals surface area contributed by atoms with Crippen molar-refractivity contribution in [3.63, 3.8) is 0 Å². The Labute approximate surface area is 120 Å². The molecule has 0 aliphatic rings. The van der Waals surface area contributed by atoms with E-state index in [1.807, 2.05) is 61.5 Å². The monoisotopic (exact) mass is 271 g/mol. The quantitative estimate of drug-likeness (QED) is 0.849. The number of ether oxygens (including phenoxy) is 1. The van der Waals surface area contributed by atoms with Crippen molar-refractivity contribution >= 4 is 0 Å². The van der Waals surface area contributed by atoms with Crippen molar-refractivity contribution in [1.82, 2.24) is 0 Å². The van der Waals surface area contributed by atoms with Crippen LogP contribution in [0.5, 0.6) is 5.75 Å². The van der Waals surface area contributed by atoms with Gasteiger partial charge in [0.1, 0.15) is 12.4 Å². The van der Waals surface area contributed by atoms with E-state index in [9.17, 15) is 5.11 Å². The van der Waals surface area contributed by atoms with Crippen LogP contribution in [0.15, 0.2) is 54.6 Å². The Kier molecular flexibility index (Phi) is 5.16. The number of aliphatic hydroxyl groups is 1. The predicted octanol–water partition coefficient (Wildman–Crippen LogP) is 3.04. The zero-order valence-corrected chi connectivity index (χ0v) is 11.7. The molecule has 0 bridgehead atoms. The van der Waals surface area contributed by atoms with E-state index in [1.54, 1.807) is 0 Å². The van der Waals surface area contributed by atoms with Crippen molar-refractivity contribution in [2.45, 2.75) is 32.1 Å². The summed E-state index contributed by atoms with van der Waals surface area (Å²) < 4.78 is 5.70. The van der Waals surface area contributed by atoms with E-state index in [-0.39, 0.29) is 6.04 Å². The molecule has 2 aromatic carbocycles. The van der Waals surface area contributed by atoms with Crippen molar-refractivity contribution in [3.05, 3.63) is 65.7 Å². The number of rotatable bonds is 6. The summed E-state index contributed by atoms with van der Waals surface area (Å²) in [7, 11) is 0. The van der Waals surface area contributed by atoms with Crippen LogP contribution in [0.2, 0.25) is 0 Å². The first-order valence-corrected chi connectivity index (χ1v) is 6.91. The molecule has 0 aliphatic carbocycles. The highest BCUT2D eigenvalue weighted by Crippen LogP contribution is 2.21. The highest BCUT2D eigenvalue weighted by atomic mass is 16.5. The van der Waals surface area contributed by atoms with Crippen molar-refractivity contribution in [2.24, 2.45) is 5.73 Å². The molecule has 0 heterocycles. The van der Waals surface area contributed by atoms with E-state index in [0.717, 1.165) is 23.3 Å². The van der Waals surface area contributed by atoms with Gasteiger partial charge in [-0.25, -0.2) is 0 Å². The third-order valence-electron chi connectivity index (χ3n) is 3.35. The fourth-order valence-electron chi connectivity index (χ4n) is 1.97. The Hall–Kier alpha value is -1.84. The molecule has 3 heteroatoms. The smallest absolute Gasteiger partial charge is 0.119 e. The summed E-state index contributed by atoms with van der Waals surface area (Å²) in [5, 5.41) is 10.0. The molecule has 2 rings (SSSR count). The Morgan fingerprint density at radius 1 is 1.05 bits per heavy atom. The number of nitrogens with two attached hydrogens (primary N) is 1. The lowest BCUT2D eigenvalue weighted by molar-refractivity contribution is 0.144. The van der Waals surface area contributed by atoms with Gasteiger partial charge in [-0.05, 0) is 29.7 Å². The van der Waals surface area contributed by atoms with Gasteiger partial charge in [0.2, 0.25) is 0 Å². The molecule has 2 aromatic rings. The molecule has 106 valence electrons. The van der Waals surface area contributed by atoms with Gasteiger partial charge in [0.05, 0.1) is 6.10 Å². The van der Waals surface area contributed by atoms with Crippen LogP contribution in [0.3, 0.4) is 0 Å². The van der Waals surface area contributed by atoms with Crippen LogP contribution in [0.4, 0.5) is 0 Å². The summed E-state index contributed by atoms with van der Waals surface area (Å²) in [6.07, 6.45) is 0.121. The van der Waals surface area contributed by atoms with E-state index < -0.39 is 6.10 Å². The van der Waals surface area contributed by atoms with Gasteiger partial charge in [-0.15, -0.1) is 0 Å². The average molecular weight is 271 g/mol. The molecular formula is C17H21NO2. The maximum atomic E-state index is 10.0. The molecule has 0 saturated carbocycles. The maximum Gasteiger partial charge on any atom is 0.119 e. The highest BCUT2D eigenvalue weighted by Gasteiger charge is 2.14. The van der Waals surface area contributed by atoms with Crippen LogP contribution in [0.1, 0.15) is 30.6 Å². The Balaban J connectivity index is 1.95. The second-order valence-corrected chi connectivity index (χ2v) is 4.86. The number of hydrogen-bond donors (Lipinski definition) is 2. The lowest BCUT2D eigenvalue weighted by Gasteiger charge is -2.17. The third-order valence-corrected chi connectivity index (χ3v) is 3.35. The van der Waals surface area contributed by atoms with Crippen molar-refractivity contribution in [1.29, 1.82) is 0 Å². The number of hydrogen-bond acceptors (Lipinski definition) is 3. The van der Waals surface area contributed by atoms with E-state index >= 15 is 0 Å². The Morgan fingerprint density at radius 2 is 1.70 bits per heavy atom. The first-order chi connectivity index (χ1) is 9.70. The topological polar surface area (TPSA) is 55.5 Å². The van der Waals surface area contributed by atoms with Crippen LogP contribution in [-0.2, 0) is 6.61 Å². The van der Waals surface area contributed by atoms with Crippen LogP contribution in [0.25, 0.3) is 0 Å². The van der Waals surface area contributed by atoms with Crippen molar-refractivity contribution in [2.75, 3.05) is 0 Å². The lowest BCUT2D eigenvalue weighted by atomic mass is 10.0. The standard InChI is InChI=1S/C17H21NO2/c1-2-16(18)17(19)14-8-10-15(11-9-14)20-12-13-6-4-3-5-7-13/h3-11,16-17,19H,2,12,18H2,1H3. The van der Waals surface area contributed by atoms with Crippen molar-refractivity contribution in [3.8, 4) is 5.75 Å². The van der Waals surface area contributed by atoms with E-state index in [2.05, 4.69) is 0 Å². The van der Waals surface area contributed by atoms with Gasteiger partial charge < -0.3 is 15.6 Å². The SMILES string of the molecule is CCC(N)C(O)c1ccc(OCc2ccccc2)cc1. The minimum atomic E-state index is -0.622. The Morgan fingerprint density at radius 3 is 2.30 bits per heavy atom. The minimum absolute atomic E-state index is 0.230. The number of benzene rings is 2. The average Bonchev–Trinajstić information content (AvgIpc) is 2.53. The molecule has 0 fully saturated rings. The molecule has 0 spiro atoms. The van der Waals surface area contributed by atoms with Crippen LogP contribution >= 0.6 is 0 Å². The molecule has 2 atom stereocenters. The van der Waals surface area contributed by atoms with Gasteiger partial charge in [-0.1, -0.05) is 49.4 Å². The fraction of sp³-hybridized carbons (Fsp3) is 0.294. The summed E-state index contributed by atoms with van der Waals surface area (Å²) in [5.74, 6) is 0.787. The minimum Gasteiger partial charge on any atom is -0.489 e. The van der Waals surface area contributed by atoms with Crippen LogP contribution < -0.4 is 10.5 Å². The Bertz CT molecular complexity index is 510. The lowest BCUT2D eigenvalue weighted by Crippen LogP contribution is -2.27. The van der Waals surface area contributed by atoms with E-state index in [1.165, 1.54) is 0 Å².